The van der Waals surface area contributed by atoms with E-state index in [0.717, 1.165) is 12.1 Å². The third-order valence-corrected chi connectivity index (χ3v) is 3.01. The largest absolute Gasteiger partial charge is 0.204 e. The third kappa shape index (κ3) is 6.06. The fourth-order valence-corrected chi connectivity index (χ4v) is 1.98. The first-order valence-corrected chi connectivity index (χ1v) is 6.76. The summed E-state index contributed by atoms with van der Waals surface area (Å²) in [5.74, 6) is 0. The Kier molecular flexibility index (Phi) is 7.06. The van der Waals surface area contributed by atoms with Crippen molar-refractivity contribution in [3.8, 4) is 6.07 Å². The molecule has 2 nitrogen and oxygen atoms in total. The fraction of sp³-hybridized carbons (Fsp3) is 0.600. The second kappa shape index (κ2) is 8.75. The van der Waals surface area contributed by atoms with E-state index < -0.39 is 0 Å². The lowest BCUT2D eigenvalue weighted by atomic mass is 10.1. The first-order valence-electron chi connectivity index (χ1n) is 6.76. The Balaban J connectivity index is 2.12. The van der Waals surface area contributed by atoms with Crippen LogP contribution in [0.2, 0.25) is 0 Å². The Bertz CT molecular complexity index is 352. The summed E-state index contributed by atoms with van der Waals surface area (Å²) < 4.78 is 2.12. The number of hydrogen-bond acceptors (Lipinski definition) is 1. The predicted molar refractivity (Wildman–Crippen MR) is 69.3 cm³/mol. The highest BCUT2D eigenvalue weighted by Crippen LogP contribution is 2.06. The van der Waals surface area contributed by atoms with Crippen molar-refractivity contribution in [1.82, 2.24) is 0 Å². The van der Waals surface area contributed by atoms with E-state index in [1.165, 1.54) is 44.9 Å². The Morgan fingerprint density at radius 2 is 1.82 bits per heavy atom. The van der Waals surface area contributed by atoms with Crippen LogP contribution in [0.15, 0.2) is 24.5 Å². The van der Waals surface area contributed by atoms with Crippen LogP contribution in [0.3, 0.4) is 0 Å². The average molecular weight is 231 g/mol. The van der Waals surface area contributed by atoms with Gasteiger partial charge in [0.15, 0.2) is 12.4 Å². The summed E-state index contributed by atoms with van der Waals surface area (Å²) in [4.78, 5) is 0. The van der Waals surface area contributed by atoms with E-state index in [4.69, 9.17) is 5.26 Å². The van der Waals surface area contributed by atoms with Crippen molar-refractivity contribution >= 4 is 0 Å². The summed E-state index contributed by atoms with van der Waals surface area (Å²) in [6.07, 6.45) is 13.3. The van der Waals surface area contributed by atoms with Gasteiger partial charge >= 0.3 is 0 Å². The minimum atomic E-state index is 0.746. The van der Waals surface area contributed by atoms with E-state index in [1.54, 1.807) is 0 Å². The molecule has 1 rings (SSSR count). The molecule has 0 amide bonds. The second-order valence-corrected chi connectivity index (χ2v) is 4.56. The van der Waals surface area contributed by atoms with Gasteiger partial charge in [-0.2, -0.15) is 5.26 Å². The molecule has 0 aliphatic heterocycles. The lowest BCUT2D eigenvalue weighted by Gasteiger charge is -1.99. The molecule has 1 heterocycles. The lowest BCUT2D eigenvalue weighted by Crippen LogP contribution is -2.32. The number of nitrogens with zero attached hydrogens (tertiary/aromatic N) is 2. The molecule has 0 spiro atoms. The van der Waals surface area contributed by atoms with Gasteiger partial charge < -0.3 is 0 Å². The Labute approximate surface area is 105 Å². The van der Waals surface area contributed by atoms with Crippen LogP contribution in [0.25, 0.3) is 0 Å². The average Bonchev–Trinajstić information content (AvgIpc) is 2.38. The first kappa shape index (κ1) is 13.7. The lowest BCUT2D eigenvalue weighted by molar-refractivity contribution is -0.697. The summed E-state index contributed by atoms with van der Waals surface area (Å²) in [6.45, 7) is 3.28. The standard InChI is InChI=1S/C15H23N2/c1-2-3-4-5-6-7-8-11-17-12-9-10-15(13-16)14-17/h9-10,12,14H,2-8,11H2,1H3/q+1. The molecule has 0 unspecified atom stereocenters. The second-order valence-electron chi connectivity index (χ2n) is 4.56. The van der Waals surface area contributed by atoms with Gasteiger partial charge in [-0.1, -0.05) is 39.0 Å². The molecule has 1 aromatic heterocycles. The zero-order valence-electron chi connectivity index (χ0n) is 10.9. The number of unbranched alkanes of at least 4 members (excludes halogenated alkanes) is 6. The van der Waals surface area contributed by atoms with Crippen LogP contribution in [0.4, 0.5) is 0 Å². The summed E-state index contributed by atoms with van der Waals surface area (Å²) in [5, 5.41) is 8.79. The van der Waals surface area contributed by atoms with Gasteiger partial charge in [-0.05, 0) is 12.5 Å². The molecule has 92 valence electrons. The van der Waals surface area contributed by atoms with Gasteiger partial charge in [-0.3, -0.25) is 0 Å². The van der Waals surface area contributed by atoms with Gasteiger partial charge in [-0.25, -0.2) is 4.57 Å². The molecule has 0 saturated carbocycles. The van der Waals surface area contributed by atoms with Gasteiger partial charge in [-0.15, -0.1) is 0 Å². The molecule has 0 fully saturated rings. The normalized spacial score (nSPS) is 10.1. The quantitative estimate of drug-likeness (QED) is 0.496. The topological polar surface area (TPSA) is 27.7 Å². The molecular formula is C15H23N2+. The van der Waals surface area contributed by atoms with E-state index >= 15 is 0 Å². The van der Waals surface area contributed by atoms with Crippen molar-refractivity contribution < 1.29 is 4.57 Å². The fourth-order valence-electron chi connectivity index (χ4n) is 1.98. The highest BCUT2D eigenvalue weighted by Gasteiger charge is 2.01. The monoisotopic (exact) mass is 231 g/mol. The summed E-state index contributed by atoms with van der Waals surface area (Å²) >= 11 is 0. The Hall–Kier alpha value is -1.36. The van der Waals surface area contributed by atoms with Crippen molar-refractivity contribution in [3.63, 3.8) is 0 Å². The minimum absolute atomic E-state index is 0.746. The van der Waals surface area contributed by atoms with Crippen LogP contribution in [-0.2, 0) is 6.54 Å². The summed E-state index contributed by atoms with van der Waals surface area (Å²) in [7, 11) is 0. The SMILES string of the molecule is CCCCCCCCC[n+]1cccc(C#N)c1. The zero-order valence-corrected chi connectivity index (χ0v) is 10.9. The van der Waals surface area contributed by atoms with Crippen LogP contribution < -0.4 is 4.57 Å². The number of aryl methyl sites for hydroxylation is 1. The van der Waals surface area contributed by atoms with Crippen LogP contribution >= 0.6 is 0 Å². The maximum Gasteiger partial charge on any atom is 0.186 e. The molecule has 2 heteroatoms. The van der Waals surface area contributed by atoms with Gasteiger partial charge in [0.25, 0.3) is 0 Å². The minimum Gasteiger partial charge on any atom is -0.204 e. The van der Waals surface area contributed by atoms with Gasteiger partial charge in [0.05, 0.1) is 0 Å². The van der Waals surface area contributed by atoms with Crippen molar-refractivity contribution in [1.29, 1.82) is 5.26 Å². The van der Waals surface area contributed by atoms with Crippen molar-refractivity contribution in [3.05, 3.63) is 30.1 Å². The van der Waals surface area contributed by atoms with Crippen LogP contribution in [0.1, 0.15) is 57.4 Å². The summed E-state index contributed by atoms with van der Waals surface area (Å²) in [5.41, 5.74) is 0.746. The van der Waals surface area contributed by atoms with E-state index in [2.05, 4.69) is 17.6 Å². The van der Waals surface area contributed by atoms with E-state index in [1.807, 2.05) is 24.5 Å². The molecule has 1 aromatic rings. The smallest absolute Gasteiger partial charge is 0.186 e. The zero-order chi connectivity index (χ0) is 12.3. The molecule has 0 bridgehead atoms. The third-order valence-electron chi connectivity index (χ3n) is 3.01. The van der Waals surface area contributed by atoms with E-state index in [9.17, 15) is 0 Å². The molecule has 0 aliphatic carbocycles. The van der Waals surface area contributed by atoms with Gasteiger partial charge in [0, 0.05) is 12.5 Å². The number of aromatic nitrogens is 1. The van der Waals surface area contributed by atoms with Crippen LogP contribution in [0.5, 0.6) is 0 Å². The molecule has 17 heavy (non-hydrogen) atoms. The van der Waals surface area contributed by atoms with Crippen LogP contribution in [-0.4, -0.2) is 0 Å². The highest BCUT2D eigenvalue weighted by atomic mass is 14.9. The molecule has 0 radical (unpaired) electrons. The molecule has 0 aliphatic rings. The highest BCUT2D eigenvalue weighted by molar-refractivity contribution is 5.21. The number of pyridine rings is 1. The van der Waals surface area contributed by atoms with Gasteiger partial charge in [0.1, 0.15) is 18.2 Å². The maximum atomic E-state index is 8.79. The molecule has 0 saturated heterocycles. The Morgan fingerprint density at radius 1 is 1.12 bits per heavy atom. The van der Waals surface area contributed by atoms with E-state index in [0.29, 0.717) is 0 Å². The van der Waals surface area contributed by atoms with E-state index in [-0.39, 0.29) is 0 Å². The van der Waals surface area contributed by atoms with Crippen molar-refractivity contribution in [2.75, 3.05) is 0 Å². The van der Waals surface area contributed by atoms with Crippen molar-refractivity contribution in [2.45, 2.75) is 58.4 Å². The number of rotatable bonds is 8. The molecular weight excluding hydrogens is 208 g/mol. The molecule has 0 aromatic carbocycles. The number of nitriles is 1. The van der Waals surface area contributed by atoms with Gasteiger partial charge in [0.2, 0.25) is 0 Å². The Morgan fingerprint density at radius 3 is 2.53 bits per heavy atom. The van der Waals surface area contributed by atoms with Crippen LogP contribution in [0, 0.1) is 11.3 Å². The number of hydrogen-bond donors (Lipinski definition) is 0. The predicted octanol–water partition coefficient (Wildman–Crippen LogP) is 3.60. The summed E-state index contributed by atoms with van der Waals surface area (Å²) in [6, 6.07) is 5.96. The molecule has 0 N–H and O–H groups in total. The maximum absolute atomic E-state index is 8.79. The van der Waals surface area contributed by atoms with Crippen molar-refractivity contribution in [2.24, 2.45) is 0 Å². The first-order chi connectivity index (χ1) is 8.36. The molecule has 0 atom stereocenters.